The summed E-state index contributed by atoms with van der Waals surface area (Å²) in [7, 11) is 4.06. The minimum atomic E-state index is 0.429. The highest BCUT2D eigenvalue weighted by Gasteiger charge is 1.93. The summed E-state index contributed by atoms with van der Waals surface area (Å²) < 4.78 is 0. The van der Waals surface area contributed by atoms with E-state index in [4.69, 9.17) is 5.73 Å². The van der Waals surface area contributed by atoms with E-state index in [1.54, 1.807) is 12.4 Å². The molecule has 0 bridgehead atoms. The van der Waals surface area contributed by atoms with Crippen molar-refractivity contribution in [3.63, 3.8) is 0 Å². The molecular weight excluding hydrogens is 248 g/mol. The lowest BCUT2D eigenvalue weighted by Crippen LogP contribution is -2.07. The number of benzene rings is 1. The maximum absolute atomic E-state index is 5.48. The fraction of sp³-hybridized carbons (Fsp3) is 0.125. The summed E-state index contributed by atoms with van der Waals surface area (Å²) in [5, 5.41) is 0. The van der Waals surface area contributed by atoms with E-state index < -0.39 is 0 Å². The number of nitrogens with two attached hydrogens (primary N) is 1. The summed E-state index contributed by atoms with van der Waals surface area (Å²) in [5.41, 5.74) is 8.61. The van der Waals surface area contributed by atoms with Crippen LogP contribution in [0.1, 0.15) is 11.3 Å². The molecule has 102 valence electrons. The van der Waals surface area contributed by atoms with Crippen LogP contribution in [-0.4, -0.2) is 24.1 Å². The normalized spacial score (nSPS) is 11.3. The van der Waals surface area contributed by atoms with E-state index in [2.05, 4.69) is 39.1 Å². The standard InChI is InChI=1S/C16H18N4/c1-20(2)15-9-7-13(8-10-15)5-3-4-6-14-11-19-16(17)12-18-14/h3-12H,1-2H3,(H2,17,19)/b5-3+,6-4+. The second kappa shape index (κ2) is 6.52. The quantitative estimate of drug-likeness (QED) is 0.865. The number of hydrogen-bond acceptors (Lipinski definition) is 4. The third-order valence-corrected chi connectivity index (χ3v) is 2.77. The van der Waals surface area contributed by atoms with Crippen molar-refractivity contribution in [3.8, 4) is 0 Å². The summed E-state index contributed by atoms with van der Waals surface area (Å²) in [4.78, 5) is 10.2. The van der Waals surface area contributed by atoms with Crippen molar-refractivity contribution in [2.24, 2.45) is 0 Å². The molecule has 0 atom stereocenters. The summed E-state index contributed by atoms with van der Waals surface area (Å²) in [6.07, 6.45) is 11.0. The molecule has 0 amide bonds. The lowest BCUT2D eigenvalue weighted by Gasteiger charge is -2.11. The molecule has 0 saturated carbocycles. The minimum Gasteiger partial charge on any atom is -0.382 e. The summed E-state index contributed by atoms with van der Waals surface area (Å²) >= 11 is 0. The largest absolute Gasteiger partial charge is 0.382 e. The molecule has 2 N–H and O–H groups in total. The Morgan fingerprint density at radius 3 is 2.25 bits per heavy atom. The molecule has 1 heterocycles. The molecule has 0 fully saturated rings. The van der Waals surface area contributed by atoms with Crippen LogP contribution < -0.4 is 10.6 Å². The van der Waals surface area contributed by atoms with E-state index in [9.17, 15) is 0 Å². The number of rotatable bonds is 4. The highest BCUT2D eigenvalue weighted by Crippen LogP contribution is 2.13. The number of nitrogen functional groups attached to an aromatic ring is 1. The fourth-order valence-corrected chi connectivity index (χ4v) is 1.64. The van der Waals surface area contributed by atoms with Crippen molar-refractivity contribution in [2.75, 3.05) is 24.7 Å². The number of allylic oxidation sites excluding steroid dienone is 2. The van der Waals surface area contributed by atoms with Gasteiger partial charge in [-0.3, -0.25) is 4.98 Å². The summed E-state index contributed by atoms with van der Waals surface area (Å²) in [6, 6.07) is 8.36. The summed E-state index contributed by atoms with van der Waals surface area (Å²) in [5.74, 6) is 0.429. The molecule has 0 aliphatic rings. The number of anilines is 2. The van der Waals surface area contributed by atoms with E-state index in [0.717, 1.165) is 11.3 Å². The molecule has 0 spiro atoms. The van der Waals surface area contributed by atoms with Gasteiger partial charge < -0.3 is 10.6 Å². The van der Waals surface area contributed by atoms with Crippen LogP contribution in [0.5, 0.6) is 0 Å². The second-order valence-electron chi connectivity index (χ2n) is 4.57. The Morgan fingerprint density at radius 2 is 1.65 bits per heavy atom. The van der Waals surface area contributed by atoms with Crippen molar-refractivity contribution < 1.29 is 0 Å². The van der Waals surface area contributed by atoms with Crippen molar-refractivity contribution in [1.82, 2.24) is 9.97 Å². The van der Waals surface area contributed by atoms with Gasteiger partial charge in [-0.2, -0.15) is 0 Å². The Bertz CT molecular complexity index is 595. The molecule has 0 aliphatic heterocycles. The van der Waals surface area contributed by atoms with Crippen LogP contribution in [0.25, 0.3) is 12.2 Å². The Labute approximate surface area is 119 Å². The molecule has 0 unspecified atom stereocenters. The van der Waals surface area contributed by atoms with Crippen LogP contribution in [0.4, 0.5) is 11.5 Å². The van der Waals surface area contributed by atoms with Crippen molar-refractivity contribution >= 4 is 23.7 Å². The Morgan fingerprint density at radius 1 is 0.950 bits per heavy atom. The van der Waals surface area contributed by atoms with Crippen LogP contribution in [0.3, 0.4) is 0 Å². The van der Waals surface area contributed by atoms with Gasteiger partial charge in [0, 0.05) is 19.8 Å². The zero-order valence-corrected chi connectivity index (χ0v) is 11.7. The van der Waals surface area contributed by atoms with Gasteiger partial charge in [-0.1, -0.05) is 30.4 Å². The van der Waals surface area contributed by atoms with Crippen LogP contribution >= 0.6 is 0 Å². The van der Waals surface area contributed by atoms with Gasteiger partial charge in [-0.25, -0.2) is 4.98 Å². The predicted octanol–water partition coefficient (Wildman–Crippen LogP) is 2.85. The first-order valence-electron chi connectivity index (χ1n) is 6.35. The highest BCUT2D eigenvalue weighted by molar-refractivity contribution is 5.58. The predicted molar refractivity (Wildman–Crippen MR) is 85.3 cm³/mol. The topological polar surface area (TPSA) is 55.0 Å². The molecule has 0 aliphatic carbocycles. The van der Waals surface area contributed by atoms with E-state index in [1.807, 2.05) is 38.4 Å². The number of nitrogens with zero attached hydrogens (tertiary/aromatic N) is 3. The molecular formula is C16H18N4. The molecule has 0 radical (unpaired) electrons. The second-order valence-corrected chi connectivity index (χ2v) is 4.57. The molecule has 4 heteroatoms. The first kappa shape index (κ1) is 13.8. The van der Waals surface area contributed by atoms with Crippen molar-refractivity contribution in [3.05, 3.63) is 60.1 Å². The zero-order valence-electron chi connectivity index (χ0n) is 11.7. The molecule has 1 aromatic carbocycles. The van der Waals surface area contributed by atoms with Gasteiger partial charge in [0.1, 0.15) is 5.82 Å². The van der Waals surface area contributed by atoms with Crippen LogP contribution in [0, 0.1) is 0 Å². The Kier molecular flexibility index (Phi) is 4.50. The fourth-order valence-electron chi connectivity index (χ4n) is 1.64. The van der Waals surface area contributed by atoms with Crippen LogP contribution in [0.15, 0.2) is 48.8 Å². The average molecular weight is 266 g/mol. The zero-order chi connectivity index (χ0) is 14.4. The highest BCUT2D eigenvalue weighted by atomic mass is 15.1. The summed E-state index contributed by atoms with van der Waals surface area (Å²) in [6.45, 7) is 0. The molecule has 1 aromatic heterocycles. The van der Waals surface area contributed by atoms with E-state index in [-0.39, 0.29) is 0 Å². The Hall–Kier alpha value is -2.62. The lowest BCUT2D eigenvalue weighted by atomic mass is 10.2. The third kappa shape index (κ3) is 3.95. The van der Waals surface area contributed by atoms with Crippen molar-refractivity contribution in [2.45, 2.75) is 0 Å². The Balaban J connectivity index is 1.97. The first-order chi connectivity index (χ1) is 9.65. The molecule has 0 saturated heterocycles. The first-order valence-corrected chi connectivity index (χ1v) is 6.35. The van der Waals surface area contributed by atoms with E-state index in [0.29, 0.717) is 5.82 Å². The van der Waals surface area contributed by atoms with Gasteiger partial charge >= 0.3 is 0 Å². The van der Waals surface area contributed by atoms with Gasteiger partial charge in [0.2, 0.25) is 0 Å². The molecule has 2 aromatic rings. The smallest absolute Gasteiger partial charge is 0.141 e. The van der Waals surface area contributed by atoms with Crippen molar-refractivity contribution in [1.29, 1.82) is 0 Å². The van der Waals surface area contributed by atoms with Gasteiger partial charge in [0.25, 0.3) is 0 Å². The van der Waals surface area contributed by atoms with Crippen LogP contribution in [0.2, 0.25) is 0 Å². The third-order valence-electron chi connectivity index (χ3n) is 2.77. The van der Waals surface area contributed by atoms with Gasteiger partial charge in [-0.15, -0.1) is 0 Å². The van der Waals surface area contributed by atoms with Crippen LogP contribution in [-0.2, 0) is 0 Å². The maximum Gasteiger partial charge on any atom is 0.141 e. The molecule has 4 nitrogen and oxygen atoms in total. The lowest BCUT2D eigenvalue weighted by molar-refractivity contribution is 1.13. The van der Waals surface area contributed by atoms with E-state index >= 15 is 0 Å². The number of aromatic nitrogens is 2. The molecule has 20 heavy (non-hydrogen) atoms. The van der Waals surface area contributed by atoms with Gasteiger partial charge in [0.05, 0.1) is 18.1 Å². The average Bonchev–Trinajstić information content (AvgIpc) is 2.46. The maximum atomic E-state index is 5.48. The van der Waals surface area contributed by atoms with Gasteiger partial charge in [0.15, 0.2) is 0 Å². The monoisotopic (exact) mass is 266 g/mol. The minimum absolute atomic E-state index is 0.429. The van der Waals surface area contributed by atoms with Gasteiger partial charge in [-0.05, 0) is 23.8 Å². The number of hydrogen-bond donors (Lipinski definition) is 1. The SMILES string of the molecule is CN(C)c1ccc(/C=C/C=C/c2cnc(N)cn2)cc1. The van der Waals surface area contributed by atoms with E-state index in [1.165, 1.54) is 5.69 Å². The molecule has 2 rings (SSSR count).